The Morgan fingerprint density at radius 1 is 1.27 bits per heavy atom. The van der Waals surface area contributed by atoms with Crippen LogP contribution in [0.4, 0.5) is 5.69 Å². The smallest absolute Gasteiger partial charge is 0.274 e. The maximum absolute atomic E-state index is 13.4. The van der Waals surface area contributed by atoms with Crippen molar-refractivity contribution >= 4 is 36.8 Å². The molecular weight excluding hydrogens is 518 g/mol. The second-order valence-electron chi connectivity index (χ2n) is 12.4. The van der Waals surface area contributed by atoms with Crippen LogP contribution in [0.3, 0.4) is 0 Å². The topological polar surface area (TPSA) is 99.8 Å². The third-order valence-corrected chi connectivity index (χ3v) is 9.50. The molecule has 0 unspecified atom stereocenters. The molecule has 0 saturated heterocycles. The van der Waals surface area contributed by atoms with Crippen LogP contribution in [-0.4, -0.2) is 49.9 Å². The molecule has 0 aromatic carbocycles. The van der Waals surface area contributed by atoms with E-state index in [9.17, 15) is 4.79 Å². The first-order valence-electron chi connectivity index (χ1n) is 13.8. The van der Waals surface area contributed by atoms with Crippen molar-refractivity contribution in [3.63, 3.8) is 0 Å². The van der Waals surface area contributed by atoms with Crippen LogP contribution in [0.15, 0.2) is 43.6 Å². The van der Waals surface area contributed by atoms with Crippen LogP contribution >= 0.6 is 0 Å². The number of carbonyl (C=O) groups is 1. The Bertz CT molecular complexity index is 1560. The summed E-state index contributed by atoms with van der Waals surface area (Å²) >= 11 is 0. The van der Waals surface area contributed by atoms with Crippen LogP contribution < -0.4 is 5.32 Å². The lowest BCUT2D eigenvalue weighted by molar-refractivity contribution is 0.0901. The summed E-state index contributed by atoms with van der Waals surface area (Å²) in [4.78, 5) is 22.7. The Labute approximate surface area is 236 Å². The molecule has 4 heterocycles. The summed E-state index contributed by atoms with van der Waals surface area (Å²) in [5.74, 6) is 1.20. The van der Waals surface area contributed by atoms with Crippen molar-refractivity contribution in [1.82, 2.24) is 29.3 Å². The van der Waals surface area contributed by atoms with Gasteiger partial charge in [0, 0.05) is 39.7 Å². The minimum atomic E-state index is -1.17. The standard InChI is InChI=1S/C30H39N7O2Si/c1-8-22-11-25(34-26-21(3)17-37(27(22)26)19-39-9-10-40(5,6)7)28(38)33-24-12-23(15-31-16-24)30(13-20(2)14-30)29-35-32-18-36(29)4/h8,11-12,15-18,20H,1,9-10,13-14,19H2,2-7H3,(H,33,38). The summed E-state index contributed by atoms with van der Waals surface area (Å²) < 4.78 is 10.0. The van der Waals surface area contributed by atoms with Crippen molar-refractivity contribution in [3.05, 3.63) is 71.8 Å². The van der Waals surface area contributed by atoms with Gasteiger partial charge in [-0.3, -0.25) is 9.78 Å². The number of nitrogens with one attached hydrogen (secondary N) is 1. The van der Waals surface area contributed by atoms with E-state index in [1.807, 2.05) is 37.0 Å². The number of pyridine rings is 2. The van der Waals surface area contributed by atoms with Gasteiger partial charge in [-0.25, -0.2) is 4.98 Å². The van der Waals surface area contributed by atoms with Crippen molar-refractivity contribution in [1.29, 1.82) is 0 Å². The number of hydrogen-bond acceptors (Lipinski definition) is 6. The van der Waals surface area contributed by atoms with E-state index in [1.165, 1.54) is 0 Å². The molecule has 0 atom stereocenters. The van der Waals surface area contributed by atoms with Gasteiger partial charge in [0.05, 0.1) is 28.3 Å². The van der Waals surface area contributed by atoms with Gasteiger partial charge in [0.1, 0.15) is 24.6 Å². The molecule has 1 N–H and O–H groups in total. The number of ether oxygens (including phenoxy) is 1. The van der Waals surface area contributed by atoms with E-state index in [2.05, 4.69) is 58.2 Å². The number of hydrogen-bond donors (Lipinski definition) is 1. The zero-order valence-corrected chi connectivity index (χ0v) is 25.4. The summed E-state index contributed by atoms with van der Waals surface area (Å²) in [6, 6.07) is 4.89. The third-order valence-electron chi connectivity index (χ3n) is 7.79. The molecule has 1 fully saturated rings. The van der Waals surface area contributed by atoms with Gasteiger partial charge in [-0.1, -0.05) is 39.2 Å². The van der Waals surface area contributed by atoms with Gasteiger partial charge in [-0.05, 0) is 55.0 Å². The first kappa shape index (κ1) is 27.9. The number of aromatic nitrogens is 6. The van der Waals surface area contributed by atoms with E-state index >= 15 is 0 Å². The highest BCUT2D eigenvalue weighted by atomic mass is 28.3. The third kappa shape index (κ3) is 5.38. The first-order valence-corrected chi connectivity index (χ1v) is 17.5. The Hall–Kier alpha value is -3.63. The lowest BCUT2D eigenvalue weighted by Gasteiger charge is -2.45. The van der Waals surface area contributed by atoms with E-state index in [-0.39, 0.29) is 11.3 Å². The van der Waals surface area contributed by atoms with Crippen molar-refractivity contribution < 1.29 is 9.53 Å². The molecule has 1 saturated carbocycles. The molecule has 4 aromatic heterocycles. The van der Waals surface area contributed by atoms with E-state index in [0.717, 1.165) is 59.0 Å². The second-order valence-corrected chi connectivity index (χ2v) is 18.0. The predicted octanol–water partition coefficient (Wildman–Crippen LogP) is 5.79. The van der Waals surface area contributed by atoms with Crippen molar-refractivity contribution in [3.8, 4) is 0 Å². The first-order chi connectivity index (χ1) is 19.0. The number of fused-ring (bicyclic) bond motifs is 1. The average molecular weight is 558 g/mol. The quantitative estimate of drug-likeness (QED) is 0.196. The molecular formula is C30H39N7O2Si. The van der Waals surface area contributed by atoms with E-state index in [1.54, 1.807) is 24.7 Å². The SMILES string of the molecule is C=Cc1cc(C(=O)Nc2cncc(C3(c4nncn4C)CC(C)C3)c2)nc2c(C)cn(COCC[Si](C)(C)C)c12. The number of rotatable bonds is 10. The van der Waals surface area contributed by atoms with Crippen LogP contribution in [0, 0.1) is 12.8 Å². The Kier molecular flexibility index (Phi) is 7.49. The van der Waals surface area contributed by atoms with Crippen molar-refractivity contribution in [2.75, 3.05) is 11.9 Å². The second kappa shape index (κ2) is 10.7. The van der Waals surface area contributed by atoms with Crippen LogP contribution in [0.25, 0.3) is 17.1 Å². The van der Waals surface area contributed by atoms with Gasteiger partial charge in [0.25, 0.3) is 5.91 Å². The molecule has 4 aromatic rings. The molecule has 1 aliphatic carbocycles. The molecule has 0 bridgehead atoms. The van der Waals surface area contributed by atoms with E-state index in [4.69, 9.17) is 9.72 Å². The summed E-state index contributed by atoms with van der Waals surface area (Å²) in [7, 11) is 0.800. The van der Waals surface area contributed by atoms with Gasteiger partial charge in [-0.15, -0.1) is 10.2 Å². The summed E-state index contributed by atoms with van der Waals surface area (Å²) in [5, 5.41) is 11.5. The van der Waals surface area contributed by atoms with Crippen molar-refractivity contribution in [2.45, 2.75) is 64.5 Å². The monoisotopic (exact) mass is 557 g/mol. The number of aryl methyl sites for hydroxylation is 2. The largest absolute Gasteiger partial charge is 0.361 e. The van der Waals surface area contributed by atoms with Gasteiger partial charge >= 0.3 is 0 Å². The number of carbonyl (C=O) groups excluding carboxylic acids is 1. The highest BCUT2D eigenvalue weighted by Crippen LogP contribution is 2.51. The number of amides is 1. The molecule has 210 valence electrons. The fourth-order valence-electron chi connectivity index (χ4n) is 5.77. The number of anilines is 1. The highest BCUT2D eigenvalue weighted by molar-refractivity contribution is 6.76. The minimum absolute atomic E-state index is 0.261. The molecule has 0 radical (unpaired) electrons. The molecule has 40 heavy (non-hydrogen) atoms. The van der Waals surface area contributed by atoms with Gasteiger partial charge in [0.15, 0.2) is 0 Å². The fraction of sp³-hybridized carbons (Fsp3) is 0.433. The van der Waals surface area contributed by atoms with Crippen molar-refractivity contribution in [2.24, 2.45) is 13.0 Å². The molecule has 0 aliphatic heterocycles. The summed E-state index contributed by atoms with van der Waals surface area (Å²) in [6.45, 7) is 16.4. The van der Waals surface area contributed by atoms with Gasteiger partial charge < -0.3 is 19.2 Å². The average Bonchev–Trinajstić information content (AvgIpc) is 3.46. The predicted molar refractivity (Wildman–Crippen MR) is 161 cm³/mol. The van der Waals surface area contributed by atoms with Gasteiger partial charge in [-0.2, -0.15) is 0 Å². The molecule has 1 amide bonds. The minimum Gasteiger partial charge on any atom is -0.361 e. The maximum atomic E-state index is 13.4. The Balaban J connectivity index is 1.39. The lowest BCUT2D eigenvalue weighted by Crippen LogP contribution is -2.43. The van der Waals surface area contributed by atoms with E-state index in [0.29, 0.717) is 24.0 Å². The van der Waals surface area contributed by atoms with Crippen LogP contribution in [-0.2, 0) is 23.9 Å². The van der Waals surface area contributed by atoms with Crippen LogP contribution in [0.1, 0.15) is 52.8 Å². The Morgan fingerprint density at radius 2 is 2.05 bits per heavy atom. The Morgan fingerprint density at radius 3 is 2.70 bits per heavy atom. The highest BCUT2D eigenvalue weighted by Gasteiger charge is 2.48. The molecule has 5 rings (SSSR count). The number of nitrogens with zero attached hydrogens (tertiary/aromatic N) is 6. The zero-order chi connectivity index (χ0) is 28.7. The summed E-state index contributed by atoms with van der Waals surface area (Å²) in [6.07, 6.45) is 11.0. The molecule has 0 spiro atoms. The lowest BCUT2D eigenvalue weighted by atomic mass is 9.59. The van der Waals surface area contributed by atoms with Crippen LogP contribution in [0.2, 0.25) is 25.7 Å². The van der Waals surface area contributed by atoms with E-state index < -0.39 is 8.07 Å². The zero-order valence-electron chi connectivity index (χ0n) is 24.4. The molecule has 10 heteroatoms. The van der Waals surface area contributed by atoms with Gasteiger partial charge in [0.2, 0.25) is 0 Å². The fourth-order valence-corrected chi connectivity index (χ4v) is 6.52. The summed E-state index contributed by atoms with van der Waals surface area (Å²) in [5.41, 5.74) is 5.23. The molecule has 9 nitrogen and oxygen atoms in total. The normalized spacial score (nSPS) is 19.0. The van der Waals surface area contributed by atoms with Crippen LogP contribution in [0.5, 0.6) is 0 Å². The molecule has 1 aliphatic rings. The maximum Gasteiger partial charge on any atom is 0.274 e.